The van der Waals surface area contributed by atoms with Crippen LogP contribution in [0.1, 0.15) is 64.7 Å². The van der Waals surface area contributed by atoms with Gasteiger partial charge in [-0.1, -0.05) is 63.7 Å². The maximum absolute atomic E-state index is 11.8. The van der Waals surface area contributed by atoms with Gasteiger partial charge in [-0.15, -0.1) is 0 Å². The highest BCUT2D eigenvalue weighted by Crippen LogP contribution is 2.09. The van der Waals surface area contributed by atoms with Gasteiger partial charge in [0.2, 0.25) is 0 Å². The van der Waals surface area contributed by atoms with E-state index in [9.17, 15) is 9.59 Å². The largest absolute Gasteiger partial charge is 0.481 e. The molecule has 150 valence electrons. The molecular formula is C21H38NO4+. The molecule has 0 aliphatic carbocycles. The van der Waals surface area contributed by atoms with E-state index >= 15 is 0 Å². The Bertz CT molecular complexity index is 449. The third-order valence-electron chi connectivity index (χ3n) is 3.89. The van der Waals surface area contributed by atoms with Crippen molar-refractivity contribution in [2.75, 3.05) is 27.7 Å². The Balaban J connectivity index is 4.02. The minimum absolute atomic E-state index is 0.177. The van der Waals surface area contributed by atoms with Crippen molar-refractivity contribution in [3.8, 4) is 0 Å². The first-order valence-electron chi connectivity index (χ1n) is 9.80. The van der Waals surface area contributed by atoms with E-state index in [1.54, 1.807) is 6.08 Å². The fourth-order valence-corrected chi connectivity index (χ4v) is 2.68. The van der Waals surface area contributed by atoms with Crippen LogP contribution in [-0.2, 0) is 14.3 Å². The fourth-order valence-electron chi connectivity index (χ4n) is 2.68. The van der Waals surface area contributed by atoms with Gasteiger partial charge in [0, 0.05) is 6.08 Å². The minimum Gasteiger partial charge on any atom is -0.481 e. The highest BCUT2D eigenvalue weighted by atomic mass is 16.5. The van der Waals surface area contributed by atoms with Crippen LogP contribution in [0.4, 0.5) is 0 Å². The number of allylic oxidation sites excluding steroid dienone is 3. The van der Waals surface area contributed by atoms with Gasteiger partial charge >= 0.3 is 11.9 Å². The summed E-state index contributed by atoms with van der Waals surface area (Å²) in [4.78, 5) is 22.7. The molecule has 0 aromatic rings. The number of carbonyl (C=O) groups is 2. The second kappa shape index (κ2) is 14.5. The number of likely N-dealkylation sites (N-methyl/N-ethyl adjacent to an activating group) is 1. The molecule has 5 nitrogen and oxygen atoms in total. The summed E-state index contributed by atoms with van der Waals surface area (Å²) in [5.41, 5.74) is 0. The van der Waals surface area contributed by atoms with E-state index in [2.05, 4.69) is 13.0 Å². The van der Waals surface area contributed by atoms with Crippen LogP contribution in [0.2, 0.25) is 0 Å². The smallest absolute Gasteiger partial charge is 0.331 e. The summed E-state index contributed by atoms with van der Waals surface area (Å²) in [6.07, 6.45) is 16.1. The molecule has 1 atom stereocenters. The molecule has 0 aromatic carbocycles. The van der Waals surface area contributed by atoms with Crippen molar-refractivity contribution in [1.29, 1.82) is 0 Å². The topological polar surface area (TPSA) is 63.6 Å². The molecular weight excluding hydrogens is 330 g/mol. The number of hydrogen-bond acceptors (Lipinski definition) is 3. The van der Waals surface area contributed by atoms with E-state index in [0.29, 0.717) is 11.0 Å². The normalized spacial score (nSPS) is 13.4. The van der Waals surface area contributed by atoms with E-state index < -0.39 is 18.0 Å². The molecule has 0 amide bonds. The second-order valence-corrected chi connectivity index (χ2v) is 7.83. The molecule has 0 fully saturated rings. The molecule has 0 saturated carbocycles. The second-order valence-electron chi connectivity index (χ2n) is 7.83. The molecule has 0 heterocycles. The lowest BCUT2D eigenvalue weighted by Crippen LogP contribution is -2.43. The van der Waals surface area contributed by atoms with Gasteiger partial charge in [0.15, 0.2) is 6.10 Å². The molecule has 26 heavy (non-hydrogen) atoms. The maximum Gasteiger partial charge on any atom is 0.331 e. The maximum atomic E-state index is 11.8. The van der Waals surface area contributed by atoms with E-state index in [1.807, 2.05) is 27.2 Å². The van der Waals surface area contributed by atoms with Crippen LogP contribution in [0.3, 0.4) is 0 Å². The van der Waals surface area contributed by atoms with Gasteiger partial charge in [0.05, 0.1) is 27.6 Å². The van der Waals surface area contributed by atoms with Gasteiger partial charge in [0.25, 0.3) is 0 Å². The lowest BCUT2D eigenvalue weighted by molar-refractivity contribution is -0.873. The van der Waals surface area contributed by atoms with Crippen LogP contribution in [0.5, 0.6) is 0 Å². The Morgan fingerprint density at radius 3 is 2.19 bits per heavy atom. The average Bonchev–Trinajstić information content (AvgIpc) is 2.50. The first-order valence-corrected chi connectivity index (χ1v) is 9.80. The number of carboxylic acids is 1. The fraction of sp³-hybridized carbons (Fsp3) is 0.714. The number of nitrogens with zero attached hydrogens (tertiary/aromatic N) is 1. The predicted octanol–water partition coefficient (Wildman–Crippen LogP) is 4.33. The molecule has 0 aromatic heterocycles. The molecule has 0 aliphatic rings. The molecule has 1 unspecified atom stereocenters. The summed E-state index contributed by atoms with van der Waals surface area (Å²) in [5.74, 6) is -1.46. The number of hydrogen-bond donors (Lipinski definition) is 1. The van der Waals surface area contributed by atoms with Crippen molar-refractivity contribution in [3.05, 3.63) is 24.3 Å². The van der Waals surface area contributed by atoms with Gasteiger partial charge in [-0.25, -0.2) is 4.79 Å². The average molecular weight is 369 g/mol. The van der Waals surface area contributed by atoms with Gasteiger partial charge in [-0.05, 0) is 12.8 Å². The van der Waals surface area contributed by atoms with Crippen molar-refractivity contribution in [2.45, 2.75) is 70.8 Å². The Morgan fingerprint density at radius 1 is 1.00 bits per heavy atom. The highest BCUT2D eigenvalue weighted by molar-refractivity contribution is 5.82. The summed E-state index contributed by atoms with van der Waals surface area (Å²) in [7, 11) is 5.81. The van der Waals surface area contributed by atoms with Crippen molar-refractivity contribution in [1.82, 2.24) is 0 Å². The van der Waals surface area contributed by atoms with Gasteiger partial charge in [0.1, 0.15) is 6.54 Å². The van der Waals surface area contributed by atoms with Gasteiger partial charge in [-0.3, -0.25) is 4.79 Å². The Morgan fingerprint density at radius 2 is 1.62 bits per heavy atom. The van der Waals surface area contributed by atoms with Crippen LogP contribution >= 0.6 is 0 Å². The van der Waals surface area contributed by atoms with E-state index in [4.69, 9.17) is 9.84 Å². The quantitative estimate of drug-likeness (QED) is 0.154. The van der Waals surface area contributed by atoms with E-state index in [-0.39, 0.29) is 6.42 Å². The van der Waals surface area contributed by atoms with Crippen LogP contribution in [0.15, 0.2) is 24.3 Å². The first-order chi connectivity index (χ1) is 12.2. The molecule has 0 radical (unpaired) electrons. The number of carboxylic acid groups (broad SMARTS) is 1. The van der Waals surface area contributed by atoms with Crippen molar-refractivity contribution < 1.29 is 23.9 Å². The minimum atomic E-state index is -0.963. The summed E-state index contributed by atoms with van der Waals surface area (Å²) in [5, 5.41) is 8.94. The number of rotatable bonds is 15. The Kier molecular flexibility index (Phi) is 13.6. The van der Waals surface area contributed by atoms with Crippen molar-refractivity contribution in [2.24, 2.45) is 0 Å². The lowest BCUT2D eigenvalue weighted by Gasteiger charge is -2.28. The number of ether oxygens (including phenoxy) is 1. The number of aliphatic carboxylic acids is 1. The highest BCUT2D eigenvalue weighted by Gasteiger charge is 2.23. The third-order valence-corrected chi connectivity index (χ3v) is 3.89. The lowest BCUT2D eigenvalue weighted by atomic mass is 10.1. The Hall–Kier alpha value is -1.62. The molecule has 1 N–H and O–H groups in total. The molecule has 5 heteroatoms. The van der Waals surface area contributed by atoms with E-state index in [0.717, 1.165) is 6.42 Å². The van der Waals surface area contributed by atoms with Crippen LogP contribution in [-0.4, -0.2) is 55.3 Å². The monoisotopic (exact) mass is 368 g/mol. The predicted molar refractivity (Wildman–Crippen MR) is 106 cm³/mol. The molecule has 0 bridgehead atoms. The summed E-state index contributed by atoms with van der Waals surface area (Å²) in [6.45, 7) is 2.68. The zero-order chi connectivity index (χ0) is 19.8. The van der Waals surface area contributed by atoms with Crippen LogP contribution < -0.4 is 0 Å². The summed E-state index contributed by atoms with van der Waals surface area (Å²) >= 11 is 0. The van der Waals surface area contributed by atoms with Gasteiger partial charge in [-0.2, -0.15) is 0 Å². The van der Waals surface area contributed by atoms with Crippen LogP contribution in [0.25, 0.3) is 0 Å². The standard InChI is InChI=1S/C21H37NO4/c1-5-6-7-8-9-10-11-12-13-14-15-16-21(25)26-19(17-20(23)24)18-22(2,3)4/h13-16,19H,5-12,17-18H2,1-4H3/p+1. The number of carbonyl (C=O) groups excluding carboxylic acids is 1. The molecule has 0 saturated heterocycles. The first kappa shape index (κ1) is 24.4. The number of quaternary nitrogens is 1. The number of unbranched alkanes of at least 4 members (excludes halogenated alkanes) is 7. The molecule has 0 rings (SSSR count). The summed E-state index contributed by atoms with van der Waals surface area (Å²) in [6, 6.07) is 0. The molecule has 0 aliphatic heterocycles. The number of esters is 1. The summed E-state index contributed by atoms with van der Waals surface area (Å²) < 4.78 is 5.81. The van der Waals surface area contributed by atoms with Crippen molar-refractivity contribution in [3.63, 3.8) is 0 Å². The zero-order valence-electron chi connectivity index (χ0n) is 17.1. The Labute approximate surface area is 159 Å². The van der Waals surface area contributed by atoms with Crippen LogP contribution in [0, 0.1) is 0 Å². The molecule has 0 spiro atoms. The van der Waals surface area contributed by atoms with Crippen molar-refractivity contribution >= 4 is 11.9 Å². The van der Waals surface area contributed by atoms with E-state index in [1.165, 1.54) is 51.0 Å². The zero-order valence-corrected chi connectivity index (χ0v) is 17.1. The third kappa shape index (κ3) is 17.2. The SMILES string of the molecule is CCCCCCCCCC=CC=CC(=O)OC(CC(=O)O)C[N+](C)(C)C. The van der Waals surface area contributed by atoms with Gasteiger partial charge < -0.3 is 14.3 Å².